The molecule has 0 fully saturated rings. The Hall–Kier alpha value is -1.75. The minimum atomic E-state index is -4.48. The van der Waals surface area contributed by atoms with Gasteiger partial charge >= 0.3 is 0 Å². The molecule has 0 aliphatic heterocycles. The molecule has 6 nitrogen and oxygen atoms in total. The molecule has 1 aromatic carbocycles. The highest BCUT2D eigenvalue weighted by Crippen LogP contribution is 2.29. The quantitative estimate of drug-likeness (QED) is 0.560. The lowest BCUT2D eigenvalue weighted by molar-refractivity contribution is 0.323. The number of rotatable bonds is 8. The SMILES string of the molecule is C=C(C)n1cc(F)sc1=NS(=O)(=O)c1cc(Cl)c(NC[C@H](CC(C)(C)C)NC)cc1F. The van der Waals surface area contributed by atoms with E-state index < -0.39 is 25.9 Å². The molecule has 0 unspecified atom stereocenters. The Bertz CT molecular complexity index is 1140. The van der Waals surface area contributed by atoms with Gasteiger partial charge in [-0.3, -0.25) is 4.57 Å². The van der Waals surface area contributed by atoms with E-state index in [-0.39, 0.29) is 27.0 Å². The Balaban J connectivity index is 2.35. The van der Waals surface area contributed by atoms with Crippen LogP contribution in [0, 0.1) is 16.4 Å². The Morgan fingerprint density at radius 3 is 2.55 bits per heavy atom. The van der Waals surface area contributed by atoms with Crippen LogP contribution in [0.3, 0.4) is 0 Å². The molecule has 1 atom stereocenters. The second kappa shape index (κ2) is 9.81. The predicted molar refractivity (Wildman–Crippen MR) is 123 cm³/mol. The highest BCUT2D eigenvalue weighted by atomic mass is 35.5. The van der Waals surface area contributed by atoms with E-state index in [1.54, 1.807) is 6.92 Å². The number of nitrogens with zero attached hydrogens (tertiary/aromatic N) is 2. The third-order valence-corrected chi connectivity index (χ3v) is 6.82. The fourth-order valence-corrected chi connectivity index (χ4v) is 5.26. The molecular formula is C20H27ClF2N4O2S2. The number of nitrogens with one attached hydrogen (secondary N) is 2. The van der Waals surface area contributed by atoms with Crippen molar-refractivity contribution in [2.75, 3.05) is 18.9 Å². The van der Waals surface area contributed by atoms with Crippen LogP contribution in [0.1, 0.15) is 34.1 Å². The molecule has 0 aliphatic rings. The van der Waals surface area contributed by atoms with E-state index in [1.807, 2.05) is 7.05 Å². The standard InChI is InChI=1S/C20H27ClF2N4O2S2/c1-12(2)27-11-18(23)30-19(27)26-31(28,29)17-7-14(21)16(8-15(17)22)25-10-13(24-6)9-20(3,4)5/h7-8,11,13,24-25H,1,9-10H2,2-6H3/t13-/m0/s1. The zero-order valence-electron chi connectivity index (χ0n) is 18.1. The van der Waals surface area contributed by atoms with Gasteiger partial charge in [-0.15, -0.1) is 4.40 Å². The summed E-state index contributed by atoms with van der Waals surface area (Å²) in [6.07, 6.45) is 1.93. The number of likely N-dealkylation sites (N-methyl/N-ethyl adjacent to an activating group) is 1. The number of anilines is 1. The summed E-state index contributed by atoms with van der Waals surface area (Å²) in [4.78, 5) is -0.869. The van der Waals surface area contributed by atoms with E-state index in [9.17, 15) is 17.2 Å². The van der Waals surface area contributed by atoms with Gasteiger partial charge in [0.1, 0.15) is 10.7 Å². The van der Waals surface area contributed by atoms with Crippen LogP contribution in [0.5, 0.6) is 0 Å². The molecule has 2 rings (SSSR count). The monoisotopic (exact) mass is 492 g/mol. The normalized spacial score (nSPS) is 14.0. The van der Waals surface area contributed by atoms with Crippen LogP contribution in [-0.2, 0) is 10.0 Å². The molecule has 0 saturated heterocycles. The summed E-state index contributed by atoms with van der Waals surface area (Å²) >= 11 is 6.73. The van der Waals surface area contributed by atoms with Gasteiger partial charge in [-0.1, -0.05) is 50.3 Å². The maximum absolute atomic E-state index is 14.7. The fraction of sp³-hybridized carbons (Fsp3) is 0.450. The number of benzene rings is 1. The van der Waals surface area contributed by atoms with Crippen molar-refractivity contribution in [3.05, 3.63) is 45.7 Å². The van der Waals surface area contributed by atoms with Crippen LogP contribution in [-0.4, -0.2) is 32.6 Å². The summed E-state index contributed by atoms with van der Waals surface area (Å²) in [5.74, 6) is -1.01. The summed E-state index contributed by atoms with van der Waals surface area (Å²) in [5, 5.41) is 5.64. The second-order valence-electron chi connectivity index (χ2n) is 8.38. The first kappa shape index (κ1) is 25.5. The molecule has 172 valence electrons. The molecule has 0 aliphatic carbocycles. The minimum absolute atomic E-state index is 0.0333. The van der Waals surface area contributed by atoms with Crippen LogP contribution >= 0.6 is 22.9 Å². The maximum atomic E-state index is 14.7. The molecule has 2 N–H and O–H groups in total. The topological polar surface area (TPSA) is 75.5 Å². The smallest absolute Gasteiger partial charge is 0.288 e. The number of thiazole rings is 1. The molecule has 11 heteroatoms. The molecule has 0 saturated carbocycles. The van der Waals surface area contributed by atoms with Gasteiger partial charge in [0.05, 0.1) is 16.9 Å². The van der Waals surface area contributed by atoms with Crippen molar-refractivity contribution in [1.29, 1.82) is 0 Å². The Morgan fingerprint density at radius 1 is 1.35 bits per heavy atom. The van der Waals surface area contributed by atoms with Gasteiger partial charge in [0, 0.05) is 18.3 Å². The summed E-state index contributed by atoms with van der Waals surface area (Å²) < 4.78 is 58.5. The van der Waals surface area contributed by atoms with Crippen LogP contribution in [0.2, 0.25) is 5.02 Å². The lowest BCUT2D eigenvalue weighted by Gasteiger charge is -2.26. The Morgan fingerprint density at radius 2 is 2.00 bits per heavy atom. The molecule has 1 heterocycles. The Kier molecular flexibility index (Phi) is 8.07. The van der Waals surface area contributed by atoms with Crippen molar-refractivity contribution in [1.82, 2.24) is 9.88 Å². The average molecular weight is 493 g/mol. The predicted octanol–water partition coefficient (Wildman–Crippen LogP) is 4.70. The molecular weight excluding hydrogens is 466 g/mol. The molecule has 31 heavy (non-hydrogen) atoms. The summed E-state index contributed by atoms with van der Waals surface area (Å²) in [7, 11) is -2.64. The first-order chi connectivity index (χ1) is 14.2. The summed E-state index contributed by atoms with van der Waals surface area (Å²) in [5.41, 5.74) is 0.721. The molecule has 0 bridgehead atoms. The zero-order valence-corrected chi connectivity index (χ0v) is 20.5. The van der Waals surface area contributed by atoms with Gasteiger partial charge in [0.25, 0.3) is 10.0 Å². The van der Waals surface area contributed by atoms with Crippen LogP contribution in [0.15, 0.2) is 34.2 Å². The van der Waals surface area contributed by atoms with Gasteiger partial charge in [0.2, 0.25) is 4.80 Å². The van der Waals surface area contributed by atoms with Crippen LogP contribution in [0.25, 0.3) is 5.70 Å². The first-order valence-electron chi connectivity index (χ1n) is 9.48. The average Bonchev–Trinajstić information content (AvgIpc) is 2.99. The largest absolute Gasteiger partial charge is 0.382 e. The summed E-state index contributed by atoms with van der Waals surface area (Å²) in [6.45, 7) is 12.0. The molecule has 0 radical (unpaired) electrons. The van der Waals surface area contributed by atoms with E-state index in [1.165, 1.54) is 4.57 Å². The number of allylic oxidation sites excluding steroid dienone is 1. The van der Waals surface area contributed by atoms with Crippen molar-refractivity contribution in [3.63, 3.8) is 0 Å². The lowest BCUT2D eigenvalue weighted by atomic mass is 9.88. The van der Waals surface area contributed by atoms with E-state index in [4.69, 9.17) is 11.6 Å². The van der Waals surface area contributed by atoms with Gasteiger partial charge in [-0.05, 0) is 37.9 Å². The third kappa shape index (κ3) is 6.86. The number of aromatic nitrogens is 1. The lowest BCUT2D eigenvalue weighted by Crippen LogP contribution is -2.36. The maximum Gasteiger partial charge on any atom is 0.288 e. The molecule has 0 spiro atoms. The van der Waals surface area contributed by atoms with Crippen LogP contribution in [0.4, 0.5) is 14.5 Å². The van der Waals surface area contributed by atoms with Crippen molar-refractivity contribution in [3.8, 4) is 0 Å². The van der Waals surface area contributed by atoms with Crippen molar-refractivity contribution < 1.29 is 17.2 Å². The first-order valence-corrected chi connectivity index (χ1v) is 12.1. The number of halogens is 3. The van der Waals surface area contributed by atoms with Crippen molar-refractivity contribution >= 4 is 44.3 Å². The Labute approximate surface area is 190 Å². The van der Waals surface area contributed by atoms with Crippen molar-refractivity contribution in [2.24, 2.45) is 9.81 Å². The van der Waals surface area contributed by atoms with E-state index in [2.05, 4.69) is 42.4 Å². The summed E-state index contributed by atoms with van der Waals surface area (Å²) in [6, 6.07) is 2.13. The number of sulfonamides is 1. The van der Waals surface area contributed by atoms with Gasteiger partial charge in [-0.25, -0.2) is 4.39 Å². The van der Waals surface area contributed by atoms with Gasteiger partial charge in [-0.2, -0.15) is 12.8 Å². The number of hydrogen-bond donors (Lipinski definition) is 2. The minimum Gasteiger partial charge on any atom is -0.382 e. The van der Waals surface area contributed by atoms with Crippen LogP contribution < -0.4 is 15.4 Å². The second-order valence-corrected chi connectivity index (χ2v) is 11.3. The molecule has 1 aromatic heterocycles. The van der Waals surface area contributed by atoms with E-state index in [0.29, 0.717) is 23.6 Å². The highest BCUT2D eigenvalue weighted by Gasteiger charge is 2.23. The van der Waals surface area contributed by atoms with Gasteiger partial charge in [0.15, 0.2) is 5.13 Å². The van der Waals surface area contributed by atoms with Gasteiger partial charge < -0.3 is 10.6 Å². The highest BCUT2D eigenvalue weighted by molar-refractivity contribution is 7.90. The fourth-order valence-electron chi connectivity index (χ4n) is 2.92. The molecule has 2 aromatic rings. The van der Waals surface area contributed by atoms with E-state index >= 15 is 0 Å². The molecule has 0 amide bonds. The van der Waals surface area contributed by atoms with Crippen molar-refractivity contribution in [2.45, 2.75) is 45.1 Å². The third-order valence-electron chi connectivity index (χ3n) is 4.34. The van der Waals surface area contributed by atoms with E-state index in [0.717, 1.165) is 24.8 Å². The number of hydrogen-bond acceptors (Lipinski definition) is 5. The zero-order chi connectivity index (χ0) is 23.6.